The number of fused-ring (bicyclic) bond motifs is 1. The zero-order valence-corrected chi connectivity index (χ0v) is 20.0. The van der Waals surface area contributed by atoms with Crippen LogP contribution in [0.25, 0.3) is 22.3 Å². The predicted octanol–water partition coefficient (Wildman–Crippen LogP) is 5.31. The molecule has 0 spiro atoms. The molecule has 1 atom stereocenters. The Morgan fingerprint density at radius 2 is 1.79 bits per heavy atom. The van der Waals surface area contributed by atoms with E-state index in [-0.39, 0.29) is 38.4 Å². The van der Waals surface area contributed by atoms with Gasteiger partial charge in [-0.15, -0.1) is 0 Å². The van der Waals surface area contributed by atoms with Gasteiger partial charge in [-0.1, -0.05) is 11.6 Å². The van der Waals surface area contributed by atoms with Gasteiger partial charge in [-0.3, -0.25) is 4.98 Å². The molecule has 0 aliphatic rings. The van der Waals surface area contributed by atoms with Crippen molar-refractivity contribution >= 4 is 41.0 Å². The minimum Gasteiger partial charge on any atom is -0.375 e. The Kier molecular flexibility index (Phi) is 6.30. The number of hydrogen-bond acceptors (Lipinski definition) is 7. The topological polar surface area (TPSA) is 104 Å². The van der Waals surface area contributed by atoms with E-state index < -0.39 is 24.8 Å². The monoisotopic (exact) mass is 498 g/mol. The molecular formula is C23H18ClF2N6OP. The van der Waals surface area contributed by atoms with Crippen molar-refractivity contribution in [2.75, 3.05) is 18.6 Å². The third-order valence-electron chi connectivity index (χ3n) is 5.09. The summed E-state index contributed by atoms with van der Waals surface area (Å²) in [5.74, 6) is -1.14. The summed E-state index contributed by atoms with van der Waals surface area (Å²) < 4.78 is 41.5. The minimum absolute atomic E-state index is 0.0430. The first-order valence-electron chi connectivity index (χ1n) is 10.1. The van der Waals surface area contributed by atoms with Crippen LogP contribution < -0.4 is 10.9 Å². The van der Waals surface area contributed by atoms with Gasteiger partial charge in [0.15, 0.2) is 11.4 Å². The van der Waals surface area contributed by atoms with E-state index in [0.29, 0.717) is 11.3 Å². The van der Waals surface area contributed by atoms with Crippen molar-refractivity contribution in [2.45, 2.75) is 13.0 Å². The molecule has 4 aromatic rings. The van der Waals surface area contributed by atoms with Gasteiger partial charge in [-0.2, -0.15) is 5.26 Å². The van der Waals surface area contributed by atoms with Gasteiger partial charge in [0.05, 0.1) is 33.9 Å². The van der Waals surface area contributed by atoms with Crippen molar-refractivity contribution in [1.82, 2.24) is 19.9 Å². The molecule has 0 radical (unpaired) electrons. The zero-order valence-electron chi connectivity index (χ0n) is 18.3. The molecule has 3 heterocycles. The molecule has 7 nitrogen and oxygen atoms in total. The van der Waals surface area contributed by atoms with Gasteiger partial charge in [-0.05, 0) is 38.5 Å². The van der Waals surface area contributed by atoms with Gasteiger partial charge in [-0.25, -0.2) is 23.7 Å². The number of pyridine rings is 2. The molecule has 34 heavy (non-hydrogen) atoms. The Morgan fingerprint density at radius 3 is 2.44 bits per heavy atom. The van der Waals surface area contributed by atoms with Gasteiger partial charge in [0.1, 0.15) is 24.2 Å². The number of rotatable bonds is 5. The number of nitrogens with one attached hydrogen (secondary N) is 1. The number of benzene rings is 1. The van der Waals surface area contributed by atoms with Gasteiger partial charge >= 0.3 is 0 Å². The van der Waals surface area contributed by atoms with E-state index in [1.807, 2.05) is 6.07 Å². The maximum absolute atomic E-state index is 14.9. The van der Waals surface area contributed by atoms with Crippen LogP contribution in [-0.2, 0) is 4.57 Å². The van der Waals surface area contributed by atoms with Gasteiger partial charge in [0.25, 0.3) is 0 Å². The first-order chi connectivity index (χ1) is 16.1. The molecule has 0 unspecified atom stereocenters. The van der Waals surface area contributed by atoms with E-state index in [1.165, 1.54) is 42.9 Å². The third kappa shape index (κ3) is 4.60. The second-order valence-electron chi connectivity index (χ2n) is 8.00. The maximum atomic E-state index is 14.9. The highest BCUT2D eigenvalue weighted by Gasteiger charge is 2.20. The van der Waals surface area contributed by atoms with Crippen molar-refractivity contribution < 1.29 is 13.3 Å². The average molecular weight is 499 g/mol. The van der Waals surface area contributed by atoms with E-state index >= 15 is 0 Å². The van der Waals surface area contributed by atoms with E-state index in [1.54, 1.807) is 20.3 Å². The lowest BCUT2D eigenvalue weighted by molar-refractivity contribution is 0.587. The zero-order chi connectivity index (χ0) is 24.6. The largest absolute Gasteiger partial charge is 0.375 e. The summed E-state index contributed by atoms with van der Waals surface area (Å²) in [7, 11) is -2.67. The van der Waals surface area contributed by atoms with Crippen molar-refractivity contribution in [1.29, 1.82) is 5.26 Å². The molecule has 0 aliphatic carbocycles. The molecule has 0 fully saturated rings. The van der Waals surface area contributed by atoms with Crippen LogP contribution in [0.4, 0.5) is 14.5 Å². The maximum Gasteiger partial charge on any atom is 0.188 e. The molecule has 172 valence electrons. The Labute approximate surface area is 199 Å². The lowest BCUT2D eigenvalue weighted by Gasteiger charge is -2.19. The number of nitriles is 1. The molecule has 0 bridgehead atoms. The van der Waals surface area contributed by atoms with Crippen molar-refractivity contribution in [2.24, 2.45) is 0 Å². The fourth-order valence-electron chi connectivity index (χ4n) is 3.37. The number of anilines is 1. The second-order valence-corrected chi connectivity index (χ2v) is 11.5. The van der Waals surface area contributed by atoms with E-state index in [0.717, 1.165) is 0 Å². The van der Waals surface area contributed by atoms with Gasteiger partial charge in [0.2, 0.25) is 0 Å². The number of halogens is 3. The Hall–Kier alpha value is -3.47. The highest BCUT2D eigenvalue weighted by Crippen LogP contribution is 2.35. The molecular weight excluding hydrogens is 481 g/mol. The van der Waals surface area contributed by atoms with Crippen molar-refractivity contribution in [3.8, 4) is 17.3 Å². The Morgan fingerprint density at radius 1 is 1.09 bits per heavy atom. The molecule has 0 aliphatic heterocycles. The summed E-state index contributed by atoms with van der Waals surface area (Å²) in [6.45, 7) is 4.78. The van der Waals surface area contributed by atoms with Crippen molar-refractivity contribution in [3.05, 3.63) is 70.6 Å². The quantitative estimate of drug-likeness (QED) is 0.372. The van der Waals surface area contributed by atoms with Crippen LogP contribution in [0.1, 0.15) is 24.1 Å². The van der Waals surface area contributed by atoms with E-state index in [4.69, 9.17) is 16.9 Å². The molecule has 3 aromatic heterocycles. The number of hydrogen-bond donors (Lipinski definition) is 1. The number of nitrogens with zero attached hydrogens (tertiary/aromatic N) is 5. The average Bonchev–Trinajstić information content (AvgIpc) is 2.80. The summed E-state index contributed by atoms with van der Waals surface area (Å²) in [5, 5.41) is 12.5. The molecule has 0 saturated heterocycles. The smallest absolute Gasteiger partial charge is 0.188 e. The van der Waals surface area contributed by atoms with Gasteiger partial charge < -0.3 is 9.88 Å². The van der Waals surface area contributed by atoms with Crippen LogP contribution in [0.5, 0.6) is 0 Å². The molecule has 11 heteroatoms. The predicted molar refractivity (Wildman–Crippen MR) is 128 cm³/mol. The normalized spacial score (nSPS) is 12.4. The first-order valence-corrected chi connectivity index (χ1v) is 13.0. The Balaban J connectivity index is 1.80. The second kappa shape index (κ2) is 9.05. The summed E-state index contributed by atoms with van der Waals surface area (Å²) in [6.07, 6.45) is 4.06. The standard InChI is InChI=1S/C23H18ClF2N6OP/c1-12(15-6-13(8-27)4-5-17(15)25)31-21-16(24)11-28-19-7-18(26)20(32-22(19)21)14-9-29-23(30-10-14)34(2,3)33/h4-7,9-12H,1-3H3,(H,28,31)/t12-/m1/s1. The third-order valence-corrected chi connectivity index (χ3v) is 6.58. The van der Waals surface area contributed by atoms with E-state index in [9.17, 15) is 13.3 Å². The van der Waals surface area contributed by atoms with Crippen LogP contribution in [0.3, 0.4) is 0 Å². The van der Waals surface area contributed by atoms with Crippen LogP contribution in [0, 0.1) is 23.0 Å². The number of aromatic nitrogens is 4. The molecule has 1 aromatic carbocycles. The molecule has 4 rings (SSSR count). The highest BCUT2D eigenvalue weighted by molar-refractivity contribution is 7.69. The van der Waals surface area contributed by atoms with E-state index in [2.05, 4.69) is 25.3 Å². The minimum atomic E-state index is -2.67. The summed E-state index contributed by atoms with van der Waals surface area (Å²) in [5.41, 5.74) is 1.80. The fourth-order valence-corrected chi connectivity index (χ4v) is 4.23. The van der Waals surface area contributed by atoms with Crippen LogP contribution in [-0.4, -0.2) is 33.3 Å². The first kappa shape index (κ1) is 23.7. The van der Waals surface area contributed by atoms with Crippen molar-refractivity contribution in [3.63, 3.8) is 0 Å². The summed E-state index contributed by atoms with van der Waals surface area (Å²) >= 11 is 6.38. The molecule has 0 amide bonds. The lowest BCUT2D eigenvalue weighted by Crippen LogP contribution is -2.13. The van der Waals surface area contributed by atoms with Crippen LogP contribution in [0.2, 0.25) is 5.02 Å². The summed E-state index contributed by atoms with van der Waals surface area (Å²) in [4.78, 5) is 16.8. The Bertz CT molecular complexity index is 1500. The van der Waals surface area contributed by atoms with Gasteiger partial charge in [0, 0.05) is 35.8 Å². The molecule has 1 N–H and O–H groups in total. The van der Waals surface area contributed by atoms with Crippen LogP contribution in [0.15, 0.2) is 42.9 Å². The highest BCUT2D eigenvalue weighted by atomic mass is 35.5. The lowest BCUT2D eigenvalue weighted by atomic mass is 10.0. The SMILES string of the molecule is C[C@@H](Nc1c(Cl)cnc2cc(F)c(-c3cnc(P(C)(C)=O)nc3)nc12)c1cc(C#N)ccc1F. The van der Waals surface area contributed by atoms with Crippen LogP contribution >= 0.6 is 18.7 Å². The molecule has 0 saturated carbocycles. The fraction of sp³-hybridized carbons (Fsp3) is 0.174. The summed E-state index contributed by atoms with van der Waals surface area (Å²) in [6, 6.07) is 6.65.